The van der Waals surface area contributed by atoms with Gasteiger partial charge in [0.1, 0.15) is 18.1 Å². The van der Waals surface area contributed by atoms with Gasteiger partial charge in [-0.1, -0.05) is 58.4 Å². The molecule has 4 aromatic carbocycles. The van der Waals surface area contributed by atoms with Crippen molar-refractivity contribution in [3.63, 3.8) is 0 Å². The number of halogens is 1. The number of ether oxygens (including phenoxy) is 2. The Kier molecular flexibility index (Phi) is 6.88. The molecule has 174 valence electrons. The minimum Gasteiger partial charge on any atom is -0.497 e. The van der Waals surface area contributed by atoms with Crippen molar-refractivity contribution in [2.75, 3.05) is 7.11 Å². The van der Waals surface area contributed by atoms with Gasteiger partial charge in [-0.25, -0.2) is 4.99 Å². The number of carbonyl (C=O) groups is 1. The summed E-state index contributed by atoms with van der Waals surface area (Å²) in [5.41, 5.74) is 2.64. The molecule has 0 unspecified atom stereocenters. The van der Waals surface area contributed by atoms with Gasteiger partial charge in [0.25, 0.3) is 5.91 Å². The molecule has 0 saturated carbocycles. The molecule has 0 aliphatic carbocycles. The van der Waals surface area contributed by atoms with Gasteiger partial charge in [-0.2, -0.15) is 0 Å². The maximum Gasteiger partial charge on any atom is 0.264 e. The lowest BCUT2D eigenvalue weighted by Crippen LogP contribution is -2.19. The van der Waals surface area contributed by atoms with Crippen molar-refractivity contribution in [1.29, 1.82) is 0 Å². The van der Waals surface area contributed by atoms with E-state index in [4.69, 9.17) is 9.47 Å². The summed E-state index contributed by atoms with van der Waals surface area (Å²) in [5.74, 6) is 1.26. The maximum atomic E-state index is 12.6. The van der Waals surface area contributed by atoms with E-state index in [0.29, 0.717) is 22.4 Å². The summed E-state index contributed by atoms with van der Waals surface area (Å²) in [6.45, 7) is 0.419. The van der Waals surface area contributed by atoms with Crippen LogP contribution in [0.3, 0.4) is 0 Å². The number of amides is 1. The van der Waals surface area contributed by atoms with Gasteiger partial charge in [0.05, 0.1) is 17.7 Å². The van der Waals surface area contributed by atoms with E-state index < -0.39 is 0 Å². The number of carbonyl (C=O) groups excluding carboxylic acids is 1. The summed E-state index contributed by atoms with van der Waals surface area (Å²) in [4.78, 5) is 17.7. The summed E-state index contributed by atoms with van der Waals surface area (Å²) >= 11 is 4.83. The maximum absolute atomic E-state index is 12.6. The van der Waals surface area contributed by atoms with Crippen LogP contribution >= 0.6 is 27.7 Å². The van der Waals surface area contributed by atoms with Crippen molar-refractivity contribution in [3.8, 4) is 11.5 Å². The number of thioether (sulfide) groups is 1. The Labute approximate surface area is 216 Å². The number of benzene rings is 4. The second-order valence-corrected chi connectivity index (χ2v) is 9.74. The van der Waals surface area contributed by atoms with Crippen LogP contribution in [0.4, 0.5) is 5.69 Å². The van der Waals surface area contributed by atoms with E-state index in [1.54, 1.807) is 7.11 Å². The highest BCUT2D eigenvalue weighted by Crippen LogP contribution is 2.33. The molecule has 1 N–H and O–H groups in total. The van der Waals surface area contributed by atoms with Crippen LogP contribution in [0.1, 0.15) is 11.1 Å². The largest absolute Gasteiger partial charge is 0.497 e. The monoisotopic (exact) mass is 544 g/mol. The molecule has 0 bridgehead atoms. The Morgan fingerprint density at radius 3 is 2.63 bits per heavy atom. The van der Waals surface area contributed by atoms with E-state index in [1.165, 1.54) is 17.1 Å². The molecule has 35 heavy (non-hydrogen) atoms. The highest BCUT2D eigenvalue weighted by Gasteiger charge is 2.24. The van der Waals surface area contributed by atoms with Gasteiger partial charge in [-0.05, 0) is 76.6 Å². The molecule has 0 spiro atoms. The SMILES string of the molecule is COc1ccc(N=C2NC(=O)/C(=C/c3cc(Br)ccc3OCc3cccc4ccccc34)S2)cc1. The van der Waals surface area contributed by atoms with E-state index in [1.807, 2.05) is 66.7 Å². The number of hydrogen-bond acceptors (Lipinski definition) is 5. The number of rotatable bonds is 6. The van der Waals surface area contributed by atoms with Gasteiger partial charge in [0, 0.05) is 10.0 Å². The molecular formula is C28H21BrN2O3S. The predicted octanol–water partition coefficient (Wildman–Crippen LogP) is 7.08. The zero-order valence-electron chi connectivity index (χ0n) is 18.8. The second kappa shape index (κ2) is 10.4. The smallest absolute Gasteiger partial charge is 0.264 e. The van der Waals surface area contributed by atoms with Crippen LogP contribution in [0, 0.1) is 0 Å². The van der Waals surface area contributed by atoms with Crippen LogP contribution in [0.25, 0.3) is 16.8 Å². The van der Waals surface area contributed by atoms with Gasteiger partial charge < -0.3 is 14.8 Å². The number of nitrogens with one attached hydrogen (secondary N) is 1. The molecule has 7 heteroatoms. The summed E-state index contributed by atoms with van der Waals surface area (Å²) < 4.78 is 12.3. The third-order valence-electron chi connectivity index (χ3n) is 5.48. The molecule has 1 heterocycles. The Bertz CT molecular complexity index is 1460. The molecule has 5 rings (SSSR count). The number of aliphatic imine (C=N–C) groups is 1. The number of amidine groups is 1. The number of hydrogen-bond donors (Lipinski definition) is 1. The second-order valence-electron chi connectivity index (χ2n) is 7.79. The first-order valence-electron chi connectivity index (χ1n) is 10.9. The van der Waals surface area contributed by atoms with E-state index in [2.05, 4.69) is 50.5 Å². The van der Waals surface area contributed by atoms with E-state index in [-0.39, 0.29) is 5.91 Å². The first-order valence-corrected chi connectivity index (χ1v) is 12.5. The van der Waals surface area contributed by atoms with Crippen LogP contribution in [0.15, 0.2) is 99.3 Å². The topological polar surface area (TPSA) is 59.9 Å². The summed E-state index contributed by atoms with van der Waals surface area (Å²) in [6.07, 6.45) is 1.83. The Morgan fingerprint density at radius 2 is 1.80 bits per heavy atom. The zero-order chi connectivity index (χ0) is 24.2. The lowest BCUT2D eigenvalue weighted by Gasteiger charge is -2.12. The molecule has 0 atom stereocenters. The molecule has 0 radical (unpaired) electrons. The van der Waals surface area contributed by atoms with Crippen LogP contribution in [-0.4, -0.2) is 18.2 Å². The van der Waals surface area contributed by atoms with Crippen molar-refractivity contribution >= 4 is 61.3 Å². The summed E-state index contributed by atoms with van der Waals surface area (Å²) in [5, 5.41) is 5.70. The number of methoxy groups -OCH3 is 1. The highest BCUT2D eigenvalue weighted by molar-refractivity contribution is 9.10. The first kappa shape index (κ1) is 23.2. The third-order valence-corrected chi connectivity index (χ3v) is 6.88. The number of nitrogens with zero attached hydrogens (tertiary/aromatic N) is 1. The molecule has 4 aromatic rings. The zero-order valence-corrected chi connectivity index (χ0v) is 21.2. The predicted molar refractivity (Wildman–Crippen MR) is 146 cm³/mol. The van der Waals surface area contributed by atoms with Gasteiger partial charge >= 0.3 is 0 Å². The fourth-order valence-corrected chi connectivity index (χ4v) is 4.94. The molecule has 1 saturated heterocycles. The quantitative estimate of drug-likeness (QED) is 0.263. The van der Waals surface area contributed by atoms with E-state index in [9.17, 15) is 4.79 Å². The molecule has 1 fully saturated rings. The molecule has 0 aromatic heterocycles. The minimum atomic E-state index is -0.192. The average Bonchev–Trinajstić information content (AvgIpc) is 3.22. The standard InChI is InChI=1S/C28H21BrN2O3S/c1-33-23-12-10-22(11-13-23)30-28-31-27(32)26(35-28)16-20-15-21(29)9-14-25(20)34-17-19-7-4-6-18-5-2-3-8-24(18)19/h2-16H,17H2,1H3,(H,30,31,32)/b26-16-. The molecule has 1 amide bonds. The van der Waals surface area contributed by atoms with Crippen LogP contribution < -0.4 is 14.8 Å². The van der Waals surface area contributed by atoms with Crippen molar-refractivity contribution in [2.45, 2.75) is 6.61 Å². The molecular weight excluding hydrogens is 524 g/mol. The normalized spacial score (nSPS) is 15.5. The minimum absolute atomic E-state index is 0.192. The first-order chi connectivity index (χ1) is 17.1. The fraction of sp³-hybridized carbons (Fsp3) is 0.0714. The summed E-state index contributed by atoms with van der Waals surface area (Å²) in [6, 6.07) is 27.6. The summed E-state index contributed by atoms with van der Waals surface area (Å²) in [7, 11) is 1.62. The van der Waals surface area contributed by atoms with Crippen molar-refractivity contribution in [3.05, 3.63) is 105 Å². The van der Waals surface area contributed by atoms with Gasteiger partial charge in [-0.3, -0.25) is 4.79 Å². The Balaban J connectivity index is 1.38. The van der Waals surface area contributed by atoms with Gasteiger partial charge in [0.15, 0.2) is 5.17 Å². The van der Waals surface area contributed by atoms with Crippen molar-refractivity contribution in [2.24, 2.45) is 4.99 Å². The lowest BCUT2D eigenvalue weighted by molar-refractivity contribution is -0.115. The van der Waals surface area contributed by atoms with Gasteiger partial charge in [0.2, 0.25) is 0 Å². The van der Waals surface area contributed by atoms with Crippen LogP contribution in [-0.2, 0) is 11.4 Å². The van der Waals surface area contributed by atoms with Crippen molar-refractivity contribution in [1.82, 2.24) is 5.32 Å². The van der Waals surface area contributed by atoms with Crippen LogP contribution in [0.2, 0.25) is 0 Å². The van der Waals surface area contributed by atoms with Crippen LogP contribution in [0.5, 0.6) is 11.5 Å². The number of fused-ring (bicyclic) bond motifs is 1. The Morgan fingerprint density at radius 1 is 1.00 bits per heavy atom. The third kappa shape index (κ3) is 5.42. The van der Waals surface area contributed by atoms with Gasteiger partial charge in [-0.15, -0.1) is 0 Å². The molecule has 1 aliphatic rings. The fourth-order valence-electron chi connectivity index (χ4n) is 3.73. The van der Waals surface area contributed by atoms with E-state index in [0.717, 1.165) is 32.4 Å². The Hall–Kier alpha value is -3.55. The average molecular weight is 545 g/mol. The van der Waals surface area contributed by atoms with Crippen molar-refractivity contribution < 1.29 is 14.3 Å². The highest BCUT2D eigenvalue weighted by atomic mass is 79.9. The van der Waals surface area contributed by atoms with E-state index >= 15 is 0 Å². The molecule has 1 aliphatic heterocycles. The lowest BCUT2D eigenvalue weighted by atomic mass is 10.1. The molecule has 5 nitrogen and oxygen atoms in total.